The van der Waals surface area contributed by atoms with Crippen molar-refractivity contribution in [3.8, 4) is 0 Å². The molecule has 1 aliphatic carbocycles. The van der Waals surface area contributed by atoms with Gasteiger partial charge >= 0.3 is 0 Å². The van der Waals surface area contributed by atoms with E-state index < -0.39 is 0 Å². The zero-order chi connectivity index (χ0) is 11.3. The first-order valence-electron chi connectivity index (χ1n) is 6.95. The van der Waals surface area contributed by atoms with Gasteiger partial charge in [0.05, 0.1) is 0 Å². The molecule has 0 aromatic heterocycles. The Hall–Kier alpha value is -0.0400. The normalized spacial score (nSPS) is 33.2. The summed E-state index contributed by atoms with van der Waals surface area (Å²) in [5, 5.41) is 3.83. The molecule has 0 heterocycles. The summed E-state index contributed by atoms with van der Waals surface area (Å²) in [7, 11) is 0. The molecule has 1 aliphatic rings. The SMILES string of the molecule is CCCCC(C)NC1CCC(CC)C1C. The molecule has 15 heavy (non-hydrogen) atoms. The fraction of sp³-hybridized carbons (Fsp3) is 1.00. The molecule has 0 saturated heterocycles. The summed E-state index contributed by atoms with van der Waals surface area (Å²) in [6.07, 6.45) is 8.24. The molecule has 0 bridgehead atoms. The molecule has 1 N–H and O–H groups in total. The number of hydrogen-bond donors (Lipinski definition) is 1. The summed E-state index contributed by atoms with van der Waals surface area (Å²) in [6.45, 7) is 9.40. The Labute approximate surface area is 96.0 Å². The average molecular weight is 211 g/mol. The van der Waals surface area contributed by atoms with Crippen LogP contribution in [0, 0.1) is 11.8 Å². The van der Waals surface area contributed by atoms with E-state index in [-0.39, 0.29) is 0 Å². The van der Waals surface area contributed by atoms with Gasteiger partial charge in [-0.15, -0.1) is 0 Å². The van der Waals surface area contributed by atoms with Crippen molar-refractivity contribution in [1.82, 2.24) is 5.32 Å². The topological polar surface area (TPSA) is 12.0 Å². The molecule has 0 radical (unpaired) electrons. The molecule has 4 unspecified atom stereocenters. The molecule has 0 aromatic carbocycles. The van der Waals surface area contributed by atoms with Gasteiger partial charge in [0.1, 0.15) is 0 Å². The Morgan fingerprint density at radius 3 is 2.53 bits per heavy atom. The van der Waals surface area contributed by atoms with Gasteiger partial charge in [0, 0.05) is 12.1 Å². The minimum atomic E-state index is 0.716. The Kier molecular flexibility index (Phi) is 5.66. The third-order valence-electron chi connectivity index (χ3n) is 4.24. The van der Waals surface area contributed by atoms with Crippen LogP contribution in [0.5, 0.6) is 0 Å². The maximum absolute atomic E-state index is 3.83. The zero-order valence-corrected chi connectivity index (χ0v) is 11.1. The second-order valence-electron chi connectivity index (χ2n) is 5.42. The van der Waals surface area contributed by atoms with Crippen molar-refractivity contribution in [3.63, 3.8) is 0 Å². The molecule has 1 fully saturated rings. The van der Waals surface area contributed by atoms with Crippen molar-refractivity contribution in [2.75, 3.05) is 0 Å². The number of unbranched alkanes of at least 4 members (excludes halogenated alkanes) is 1. The van der Waals surface area contributed by atoms with Gasteiger partial charge in [-0.1, -0.05) is 40.0 Å². The van der Waals surface area contributed by atoms with Crippen LogP contribution in [0.2, 0.25) is 0 Å². The highest BCUT2D eigenvalue weighted by molar-refractivity contribution is 4.87. The maximum atomic E-state index is 3.83. The molecule has 4 atom stereocenters. The zero-order valence-electron chi connectivity index (χ0n) is 11.1. The molecular weight excluding hydrogens is 182 g/mol. The molecule has 0 spiro atoms. The quantitative estimate of drug-likeness (QED) is 0.701. The number of hydrogen-bond acceptors (Lipinski definition) is 1. The Morgan fingerprint density at radius 1 is 1.27 bits per heavy atom. The van der Waals surface area contributed by atoms with Crippen LogP contribution >= 0.6 is 0 Å². The highest BCUT2D eigenvalue weighted by Crippen LogP contribution is 2.34. The first-order chi connectivity index (χ1) is 7.19. The van der Waals surface area contributed by atoms with Crippen LogP contribution in [-0.4, -0.2) is 12.1 Å². The van der Waals surface area contributed by atoms with Gasteiger partial charge in [-0.2, -0.15) is 0 Å². The molecule has 0 aromatic rings. The lowest BCUT2D eigenvalue weighted by Gasteiger charge is -2.25. The monoisotopic (exact) mass is 211 g/mol. The van der Waals surface area contributed by atoms with Gasteiger partial charge < -0.3 is 5.32 Å². The van der Waals surface area contributed by atoms with Crippen molar-refractivity contribution in [3.05, 3.63) is 0 Å². The summed E-state index contributed by atoms with van der Waals surface area (Å²) in [5.74, 6) is 1.86. The van der Waals surface area contributed by atoms with Crippen molar-refractivity contribution >= 4 is 0 Å². The van der Waals surface area contributed by atoms with E-state index in [0.29, 0.717) is 6.04 Å². The fourth-order valence-electron chi connectivity index (χ4n) is 3.02. The lowest BCUT2D eigenvalue weighted by Crippen LogP contribution is -2.39. The van der Waals surface area contributed by atoms with Crippen LogP contribution in [0.4, 0.5) is 0 Å². The lowest BCUT2D eigenvalue weighted by atomic mass is 9.93. The number of rotatable bonds is 6. The summed E-state index contributed by atoms with van der Waals surface area (Å²) >= 11 is 0. The third kappa shape index (κ3) is 3.79. The molecule has 0 amide bonds. The lowest BCUT2D eigenvalue weighted by molar-refractivity contribution is 0.318. The van der Waals surface area contributed by atoms with Crippen LogP contribution in [-0.2, 0) is 0 Å². The Bertz CT molecular complexity index is 167. The first kappa shape index (κ1) is 13.0. The molecular formula is C14H29N. The van der Waals surface area contributed by atoms with Gasteiger partial charge in [0.25, 0.3) is 0 Å². The van der Waals surface area contributed by atoms with E-state index in [1.165, 1.54) is 38.5 Å². The van der Waals surface area contributed by atoms with Crippen LogP contribution < -0.4 is 5.32 Å². The Morgan fingerprint density at radius 2 is 2.00 bits per heavy atom. The third-order valence-corrected chi connectivity index (χ3v) is 4.24. The van der Waals surface area contributed by atoms with E-state index >= 15 is 0 Å². The minimum absolute atomic E-state index is 0.716. The van der Waals surface area contributed by atoms with Gasteiger partial charge in [-0.25, -0.2) is 0 Å². The van der Waals surface area contributed by atoms with Crippen molar-refractivity contribution in [1.29, 1.82) is 0 Å². The minimum Gasteiger partial charge on any atom is -0.311 e. The summed E-state index contributed by atoms with van der Waals surface area (Å²) in [6, 6.07) is 1.51. The molecule has 0 aliphatic heterocycles. The van der Waals surface area contributed by atoms with Crippen molar-refractivity contribution < 1.29 is 0 Å². The second kappa shape index (κ2) is 6.52. The summed E-state index contributed by atoms with van der Waals surface area (Å²) in [5.41, 5.74) is 0. The van der Waals surface area contributed by atoms with Crippen LogP contribution in [0.15, 0.2) is 0 Å². The molecule has 1 saturated carbocycles. The molecule has 1 nitrogen and oxygen atoms in total. The van der Waals surface area contributed by atoms with Crippen molar-refractivity contribution in [2.24, 2.45) is 11.8 Å². The van der Waals surface area contributed by atoms with Crippen LogP contribution in [0.3, 0.4) is 0 Å². The first-order valence-corrected chi connectivity index (χ1v) is 6.95. The smallest absolute Gasteiger partial charge is 0.00979 e. The van der Waals surface area contributed by atoms with E-state index in [1.807, 2.05) is 0 Å². The maximum Gasteiger partial charge on any atom is 0.00979 e. The van der Waals surface area contributed by atoms with Crippen molar-refractivity contribution in [2.45, 2.75) is 78.3 Å². The van der Waals surface area contributed by atoms with Crippen LogP contribution in [0.1, 0.15) is 66.2 Å². The number of nitrogens with one attached hydrogen (secondary N) is 1. The van der Waals surface area contributed by atoms with Gasteiger partial charge in [-0.05, 0) is 38.0 Å². The van der Waals surface area contributed by atoms with E-state index in [0.717, 1.165) is 17.9 Å². The fourth-order valence-corrected chi connectivity index (χ4v) is 3.02. The highest BCUT2D eigenvalue weighted by atomic mass is 15.0. The molecule has 90 valence electrons. The van der Waals surface area contributed by atoms with E-state index in [4.69, 9.17) is 0 Å². The summed E-state index contributed by atoms with van der Waals surface area (Å²) < 4.78 is 0. The van der Waals surface area contributed by atoms with E-state index in [9.17, 15) is 0 Å². The summed E-state index contributed by atoms with van der Waals surface area (Å²) in [4.78, 5) is 0. The Balaban J connectivity index is 2.26. The van der Waals surface area contributed by atoms with E-state index in [1.54, 1.807) is 0 Å². The molecule has 1 rings (SSSR count). The molecule has 1 heteroatoms. The standard InChI is InChI=1S/C14H29N/c1-5-7-8-11(3)15-14-10-9-13(6-2)12(14)4/h11-15H,5-10H2,1-4H3. The second-order valence-corrected chi connectivity index (χ2v) is 5.42. The predicted molar refractivity (Wildman–Crippen MR) is 68.1 cm³/mol. The van der Waals surface area contributed by atoms with Gasteiger partial charge in [-0.3, -0.25) is 0 Å². The van der Waals surface area contributed by atoms with Crippen LogP contribution in [0.25, 0.3) is 0 Å². The van der Waals surface area contributed by atoms with Gasteiger partial charge in [0.15, 0.2) is 0 Å². The average Bonchev–Trinajstić information content (AvgIpc) is 2.57. The predicted octanol–water partition coefficient (Wildman–Crippen LogP) is 3.98. The largest absolute Gasteiger partial charge is 0.311 e. The van der Waals surface area contributed by atoms with Gasteiger partial charge in [0.2, 0.25) is 0 Å². The van der Waals surface area contributed by atoms with E-state index in [2.05, 4.69) is 33.0 Å². The highest BCUT2D eigenvalue weighted by Gasteiger charge is 2.31.